The summed E-state index contributed by atoms with van der Waals surface area (Å²) in [5.41, 5.74) is 0. The Bertz CT molecular complexity index is 369. The average Bonchev–Trinajstić information content (AvgIpc) is 2.57. The molecular weight excluding hydrogens is 462 g/mol. The minimum atomic E-state index is -0.994. The third-order valence-electron chi connectivity index (χ3n) is 6.07. The summed E-state index contributed by atoms with van der Waals surface area (Å²) < 4.78 is -0.570. The van der Waals surface area contributed by atoms with Crippen LogP contribution < -0.4 is 0 Å². The molecule has 0 aliphatic rings. The Morgan fingerprint density at radius 3 is 0.469 bits per heavy atom. The van der Waals surface area contributed by atoms with Crippen molar-refractivity contribution in [1.29, 1.82) is 0 Å². The lowest BCUT2D eigenvalue weighted by Crippen LogP contribution is -2.85. The van der Waals surface area contributed by atoms with E-state index in [1.54, 1.807) is 0 Å². The van der Waals surface area contributed by atoms with Crippen molar-refractivity contribution in [2.75, 3.05) is 0 Å². The van der Waals surface area contributed by atoms with Gasteiger partial charge < -0.3 is 0 Å². The summed E-state index contributed by atoms with van der Waals surface area (Å²) in [6.07, 6.45) is -12.4. The molecule has 0 aromatic heterocycles. The minimum Gasteiger partial charge on any atom is -0.173 e. The molecule has 0 saturated heterocycles. The largest absolute Gasteiger partial charge is 0.173 e. The summed E-state index contributed by atoms with van der Waals surface area (Å²) in [5.74, 6) is 0. The van der Waals surface area contributed by atoms with E-state index < -0.39 is 93.7 Å². The highest BCUT2D eigenvalue weighted by Crippen LogP contribution is 2.18. The molecule has 100 valence electrons. The lowest BCUT2D eigenvalue weighted by molar-refractivity contribution is 3.30. The van der Waals surface area contributed by atoms with Crippen LogP contribution in [0.5, 0.6) is 0 Å². The molecule has 0 atom stereocenters. The summed E-state index contributed by atoms with van der Waals surface area (Å²) in [7, 11) is 97.0. The van der Waals surface area contributed by atoms with Crippen LogP contribution in [0.1, 0.15) is 0 Å². The summed E-state index contributed by atoms with van der Waals surface area (Å²) in [6, 6.07) is 0. The molecular formula is B31I. The third kappa shape index (κ3) is 9.56. The second kappa shape index (κ2) is 15.9. The lowest BCUT2D eigenvalue weighted by atomic mass is 8.36. The van der Waals surface area contributed by atoms with Gasteiger partial charge in [-0.15, -0.1) is 0 Å². The highest BCUT2D eigenvalue weighted by atomic mass is 127. The maximum absolute atomic E-state index is 6.06. The molecule has 0 amide bonds. The molecule has 0 aromatic carbocycles. The first-order chi connectivity index (χ1) is 14.5. The van der Waals surface area contributed by atoms with Crippen molar-refractivity contribution in [3.05, 3.63) is 0 Å². The molecule has 0 nitrogen and oxygen atoms in total. The van der Waals surface area contributed by atoms with Gasteiger partial charge in [-0.25, -0.2) is 0 Å². The lowest BCUT2D eigenvalue weighted by Gasteiger charge is -2.47. The van der Waals surface area contributed by atoms with E-state index in [9.17, 15) is 0 Å². The zero-order chi connectivity index (χ0) is 25.7. The van der Waals surface area contributed by atoms with Crippen LogP contribution in [0.3, 0.4) is 0 Å². The molecule has 32 heteroatoms. The SMILES string of the molecule is [B]B([B])B(B([B])[B])B(B(I)B(B(B([B])[B])B([B])[B])B(B([B])[B])B([B])[B])B(B([B])[B])B([B])[B]. The molecule has 0 saturated carbocycles. The third-order valence-corrected chi connectivity index (χ3v) is 7.73. The number of halogens is 1. The topological polar surface area (TPSA) is 0 Å². The van der Waals surface area contributed by atoms with Crippen LogP contribution in [0.25, 0.3) is 0 Å². The van der Waals surface area contributed by atoms with E-state index in [2.05, 4.69) is 22.4 Å². The van der Waals surface area contributed by atoms with Gasteiger partial charge in [0.2, 0.25) is 0 Å². The normalized spacial score (nSPS) is 9.53. The number of rotatable bonds is 14. The standard InChI is InChI=1S/B31I/c1-17(2)25(18(3)4)29(26(19(5)6)20(7)8)31(32)30(27(21(9)10)22(11)12)28(23(13)14)24(15)16. The molecule has 0 aliphatic heterocycles. The summed E-state index contributed by atoms with van der Waals surface area (Å²) in [4.78, 5) is 0. The molecule has 0 rings (SSSR count). The second-order valence-corrected chi connectivity index (χ2v) is 9.97. The first kappa shape index (κ1) is 34.7. The van der Waals surface area contributed by atoms with E-state index in [0.717, 1.165) is 0 Å². The van der Waals surface area contributed by atoms with E-state index in [0.29, 0.717) is 0 Å². The van der Waals surface area contributed by atoms with Crippen LogP contribution in [0.4, 0.5) is 0 Å². The van der Waals surface area contributed by atoms with Crippen LogP contribution in [0.2, 0.25) is 0 Å². The minimum absolute atomic E-state index is 0.570. The Morgan fingerprint density at radius 2 is 0.375 bits per heavy atom. The van der Waals surface area contributed by atoms with Crippen LogP contribution in [0.15, 0.2) is 0 Å². The monoisotopic (exact) mass is 468 g/mol. The van der Waals surface area contributed by atoms with E-state index in [-0.39, 0.29) is 0 Å². The van der Waals surface area contributed by atoms with Gasteiger partial charge in [0.1, 0.15) is 4.35 Å². The van der Waals surface area contributed by atoms with Crippen molar-refractivity contribution in [2.45, 2.75) is 0 Å². The first-order valence-corrected chi connectivity index (χ1v) is 11.5. The number of hydrogen-bond donors (Lipinski definition) is 0. The molecule has 0 spiro atoms. The molecule has 0 unspecified atom stereocenters. The predicted octanol–water partition coefficient (Wildman–Crippen LogP) is -10.9. The van der Waals surface area contributed by atoms with Gasteiger partial charge in [0, 0.05) is 213 Å². The maximum Gasteiger partial charge on any atom is 0.120 e. The maximum atomic E-state index is 6.06. The summed E-state index contributed by atoms with van der Waals surface area (Å²) in [5, 5.41) is 0. The molecule has 0 bridgehead atoms. The van der Waals surface area contributed by atoms with E-state index in [4.69, 9.17) is 124 Å². The molecule has 0 fully saturated rings. The van der Waals surface area contributed by atoms with Gasteiger partial charge in [-0.2, -0.15) is 22.4 Å². The number of hydrogen-bond acceptors (Lipinski definition) is 0. The predicted molar refractivity (Wildman–Crippen MR) is 192 cm³/mol. The Hall–Kier alpha value is 2.74. The van der Waals surface area contributed by atoms with Crippen LogP contribution >= 0.6 is 22.4 Å². The van der Waals surface area contributed by atoms with Gasteiger partial charge in [0.25, 0.3) is 0 Å². The summed E-state index contributed by atoms with van der Waals surface area (Å²) >= 11 is 2.10. The van der Waals surface area contributed by atoms with Crippen molar-refractivity contribution in [1.82, 2.24) is 0 Å². The molecule has 32 radical (unpaired) electrons. The molecule has 0 heterocycles. The van der Waals surface area contributed by atoms with Crippen molar-refractivity contribution in [3.63, 3.8) is 0 Å². The Labute approximate surface area is 238 Å². The second-order valence-electron chi connectivity index (χ2n) is 8.53. The van der Waals surface area contributed by atoms with E-state index in [1.165, 1.54) is 0 Å². The fourth-order valence-corrected chi connectivity index (χ4v) is 6.62. The molecule has 0 aromatic rings. The Kier molecular flexibility index (Phi) is 17.2. The van der Waals surface area contributed by atoms with Crippen LogP contribution in [0, 0.1) is 0 Å². The van der Waals surface area contributed by atoms with Crippen molar-refractivity contribution < 1.29 is 0 Å². The molecule has 32 heavy (non-hydrogen) atoms. The van der Waals surface area contributed by atoms with E-state index in [1.807, 2.05) is 0 Å². The van der Waals surface area contributed by atoms with Gasteiger partial charge in [0.15, 0.2) is 0 Å². The van der Waals surface area contributed by atoms with Crippen molar-refractivity contribution in [2.24, 2.45) is 0 Å². The average molecular weight is 462 g/mol. The molecule has 0 N–H and O–H groups in total. The van der Waals surface area contributed by atoms with Gasteiger partial charge in [-0.05, 0) is 0 Å². The summed E-state index contributed by atoms with van der Waals surface area (Å²) in [6.45, 7) is 0. The van der Waals surface area contributed by atoms with Crippen molar-refractivity contribution in [3.8, 4) is 0 Å². The van der Waals surface area contributed by atoms with Gasteiger partial charge in [-0.1, -0.05) is 0 Å². The zero-order valence-corrected chi connectivity index (χ0v) is 20.4. The van der Waals surface area contributed by atoms with Gasteiger partial charge in [-0.3, -0.25) is 0 Å². The highest BCUT2D eigenvalue weighted by molar-refractivity contribution is 14.1. The van der Waals surface area contributed by atoms with Crippen LogP contribution in [-0.4, -0.2) is 218 Å². The van der Waals surface area contributed by atoms with Crippen LogP contribution in [-0.2, 0) is 0 Å². The van der Waals surface area contributed by atoms with E-state index >= 15 is 0 Å². The fourth-order valence-electron chi connectivity index (χ4n) is 4.70. The highest BCUT2D eigenvalue weighted by Gasteiger charge is 2.53. The quantitative estimate of drug-likeness (QED) is 0.178. The zero-order valence-electron chi connectivity index (χ0n) is 18.3. The smallest absolute Gasteiger partial charge is 0.120 e. The Morgan fingerprint density at radius 1 is 0.250 bits per heavy atom. The molecule has 0 aliphatic carbocycles. The van der Waals surface area contributed by atoms with Gasteiger partial charge >= 0.3 is 0 Å². The Balaban J connectivity index is 7.03. The van der Waals surface area contributed by atoms with Crippen molar-refractivity contribution >= 4 is 240 Å². The first-order valence-electron chi connectivity index (χ1n) is 10.2. The fraction of sp³-hybridized carbons (Fsp3) is 0. The van der Waals surface area contributed by atoms with Gasteiger partial charge in [0.05, 0.1) is 0 Å².